The number of hydrogen-bond acceptors (Lipinski definition) is 5. The van der Waals surface area contributed by atoms with Crippen LogP contribution in [0.3, 0.4) is 0 Å². The highest BCUT2D eigenvalue weighted by Crippen LogP contribution is 2.31. The minimum atomic E-state index is -0.388. The lowest BCUT2D eigenvalue weighted by molar-refractivity contribution is 0.0954. The van der Waals surface area contributed by atoms with Gasteiger partial charge in [0.15, 0.2) is 0 Å². The average molecular weight is 472 g/mol. The van der Waals surface area contributed by atoms with Crippen LogP contribution in [-0.4, -0.2) is 33.5 Å². The number of carbonyl (C=O) groups excluding carboxylic acids is 1. The Hall–Kier alpha value is -2.06. The first-order valence-electron chi connectivity index (χ1n) is 7.08. The second-order valence-electron chi connectivity index (χ2n) is 4.81. The van der Waals surface area contributed by atoms with Crippen LogP contribution in [0.2, 0.25) is 0 Å². The van der Waals surface area contributed by atoms with E-state index in [0.717, 1.165) is 8.95 Å². The predicted octanol–water partition coefficient (Wildman–Crippen LogP) is 4.00. The molecule has 8 heteroatoms. The van der Waals surface area contributed by atoms with E-state index in [-0.39, 0.29) is 5.91 Å². The van der Waals surface area contributed by atoms with Crippen LogP contribution in [0, 0.1) is 0 Å². The summed E-state index contributed by atoms with van der Waals surface area (Å²) in [6, 6.07) is 8.57. The monoisotopic (exact) mass is 470 g/mol. The van der Waals surface area contributed by atoms with Crippen molar-refractivity contribution in [2.45, 2.75) is 0 Å². The van der Waals surface area contributed by atoms with Crippen LogP contribution in [0.1, 0.15) is 15.9 Å². The summed E-state index contributed by atoms with van der Waals surface area (Å²) in [6.45, 7) is 0. The molecule has 6 nitrogen and oxygen atoms in total. The summed E-state index contributed by atoms with van der Waals surface area (Å²) in [5, 5.41) is 3.99. The molecule has 0 radical (unpaired) electrons. The highest BCUT2D eigenvalue weighted by molar-refractivity contribution is 9.11. The Kier molecular flexibility index (Phi) is 6.83. The number of nitrogens with one attached hydrogen (secondary N) is 1. The van der Waals surface area contributed by atoms with Crippen molar-refractivity contribution in [3.63, 3.8) is 0 Å². The lowest BCUT2D eigenvalue weighted by Crippen LogP contribution is -2.17. The Morgan fingerprint density at radius 1 is 1.00 bits per heavy atom. The zero-order valence-corrected chi connectivity index (χ0v) is 17.0. The average Bonchev–Trinajstić information content (AvgIpc) is 2.60. The molecule has 0 aliphatic rings. The summed E-state index contributed by atoms with van der Waals surface area (Å²) >= 11 is 6.82. The third-order valence-electron chi connectivity index (χ3n) is 3.22. The van der Waals surface area contributed by atoms with Gasteiger partial charge in [0.25, 0.3) is 5.91 Å². The Morgan fingerprint density at radius 2 is 1.64 bits per heavy atom. The van der Waals surface area contributed by atoms with E-state index in [2.05, 4.69) is 42.4 Å². The fourth-order valence-electron chi connectivity index (χ4n) is 2.06. The molecular formula is C17H16Br2N2O4. The molecule has 132 valence electrons. The van der Waals surface area contributed by atoms with Crippen molar-refractivity contribution < 1.29 is 19.0 Å². The molecule has 0 aromatic heterocycles. The van der Waals surface area contributed by atoms with Gasteiger partial charge in [0.2, 0.25) is 0 Å². The van der Waals surface area contributed by atoms with Gasteiger partial charge < -0.3 is 14.2 Å². The summed E-state index contributed by atoms with van der Waals surface area (Å²) < 4.78 is 17.3. The highest BCUT2D eigenvalue weighted by atomic mass is 79.9. The van der Waals surface area contributed by atoms with Gasteiger partial charge in [0.1, 0.15) is 17.2 Å². The van der Waals surface area contributed by atoms with Gasteiger partial charge in [-0.2, -0.15) is 5.10 Å². The molecular weight excluding hydrogens is 456 g/mol. The Balaban J connectivity index is 2.19. The van der Waals surface area contributed by atoms with E-state index >= 15 is 0 Å². The van der Waals surface area contributed by atoms with Crippen molar-refractivity contribution >= 4 is 44.0 Å². The van der Waals surface area contributed by atoms with Gasteiger partial charge >= 0.3 is 0 Å². The van der Waals surface area contributed by atoms with Crippen molar-refractivity contribution in [3.8, 4) is 17.2 Å². The molecule has 0 aliphatic heterocycles. The number of hydrogen-bond donors (Lipinski definition) is 1. The van der Waals surface area contributed by atoms with Crippen LogP contribution >= 0.6 is 31.9 Å². The molecule has 2 rings (SSSR count). The summed E-state index contributed by atoms with van der Waals surface area (Å²) in [5.74, 6) is 1.27. The number of halogens is 2. The van der Waals surface area contributed by atoms with E-state index in [1.165, 1.54) is 20.4 Å². The maximum absolute atomic E-state index is 12.3. The van der Waals surface area contributed by atoms with Gasteiger partial charge in [-0.3, -0.25) is 4.79 Å². The number of carbonyl (C=O) groups is 1. The quantitative estimate of drug-likeness (QED) is 0.510. The summed E-state index contributed by atoms with van der Waals surface area (Å²) in [7, 11) is 4.60. The number of nitrogens with zero attached hydrogens (tertiary/aromatic N) is 1. The highest BCUT2D eigenvalue weighted by Gasteiger charge is 2.10. The first-order valence-corrected chi connectivity index (χ1v) is 8.66. The summed E-state index contributed by atoms with van der Waals surface area (Å²) in [5.41, 5.74) is 3.55. The molecule has 1 N–H and O–H groups in total. The Morgan fingerprint density at radius 3 is 2.20 bits per heavy atom. The zero-order chi connectivity index (χ0) is 18.4. The number of rotatable bonds is 6. The summed E-state index contributed by atoms with van der Waals surface area (Å²) in [6.07, 6.45) is 1.50. The molecule has 25 heavy (non-hydrogen) atoms. The Labute approximate surface area is 162 Å². The van der Waals surface area contributed by atoms with Crippen LogP contribution in [0.4, 0.5) is 0 Å². The standard InChI is InChI=1S/C17H16Br2N2O4/c1-23-13-5-10(6-14(8-13)24-2)17(22)21-20-9-11-4-12(18)7-15(19)16(11)25-3/h4-9H,1-3H3,(H,21,22)/b20-9-. The SMILES string of the molecule is COc1cc(OC)cc(C(=O)N/N=C\c2cc(Br)cc(Br)c2OC)c1. The molecule has 0 spiro atoms. The minimum absolute atomic E-state index is 0.371. The third kappa shape index (κ3) is 4.96. The van der Waals surface area contributed by atoms with Crippen LogP contribution in [0.25, 0.3) is 0 Å². The van der Waals surface area contributed by atoms with Crippen molar-refractivity contribution in [1.82, 2.24) is 5.43 Å². The van der Waals surface area contributed by atoms with Crippen LogP contribution in [-0.2, 0) is 0 Å². The van der Waals surface area contributed by atoms with E-state index in [1.807, 2.05) is 12.1 Å². The minimum Gasteiger partial charge on any atom is -0.497 e. The smallest absolute Gasteiger partial charge is 0.271 e. The van der Waals surface area contributed by atoms with E-state index < -0.39 is 0 Å². The van der Waals surface area contributed by atoms with Crippen LogP contribution in [0.15, 0.2) is 44.4 Å². The van der Waals surface area contributed by atoms with E-state index in [0.29, 0.717) is 28.4 Å². The fourth-order valence-corrected chi connectivity index (χ4v) is 3.48. The van der Waals surface area contributed by atoms with Gasteiger partial charge in [-0.05, 0) is 40.2 Å². The molecule has 0 unspecified atom stereocenters. The number of amides is 1. The molecule has 0 aliphatic carbocycles. The maximum atomic E-state index is 12.3. The van der Waals surface area contributed by atoms with E-state index in [4.69, 9.17) is 14.2 Å². The number of benzene rings is 2. The van der Waals surface area contributed by atoms with Gasteiger partial charge in [-0.25, -0.2) is 5.43 Å². The van der Waals surface area contributed by atoms with Crippen LogP contribution < -0.4 is 19.6 Å². The van der Waals surface area contributed by atoms with Gasteiger partial charge in [-0.15, -0.1) is 0 Å². The van der Waals surface area contributed by atoms with Crippen LogP contribution in [0.5, 0.6) is 17.2 Å². The normalized spacial score (nSPS) is 10.6. The second kappa shape index (κ2) is 8.87. The number of ether oxygens (including phenoxy) is 3. The van der Waals surface area contributed by atoms with Gasteiger partial charge in [-0.1, -0.05) is 15.9 Å². The zero-order valence-electron chi connectivity index (χ0n) is 13.8. The van der Waals surface area contributed by atoms with Crippen molar-refractivity contribution in [3.05, 3.63) is 50.4 Å². The molecule has 0 bridgehead atoms. The van der Waals surface area contributed by atoms with E-state index in [1.54, 1.807) is 25.3 Å². The predicted molar refractivity (Wildman–Crippen MR) is 103 cm³/mol. The summed E-state index contributed by atoms with van der Waals surface area (Å²) in [4.78, 5) is 12.3. The Bertz CT molecular complexity index is 787. The van der Waals surface area contributed by atoms with Gasteiger partial charge in [0, 0.05) is 21.7 Å². The molecule has 1 amide bonds. The first-order chi connectivity index (χ1) is 12.0. The second-order valence-corrected chi connectivity index (χ2v) is 6.58. The molecule has 2 aromatic rings. The molecule has 0 heterocycles. The van der Waals surface area contributed by atoms with E-state index in [9.17, 15) is 4.79 Å². The fraction of sp³-hybridized carbons (Fsp3) is 0.176. The topological polar surface area (TPSA) is 69.2 Å². The van der Waals surface area contributed by atoms with Gasteiger partial charge in [0.05, 0.1) is 32.0 Å². The lowest BCUT2D eigenvalue weighted by atomic mass is 10.2. The number of hydrazone groups is 1. The molecule has 0 atom stereocenters. The third-order valence-corrected chi connectivity index (χ3v) is 4.27. The number of methoxy groups -OCH3 is 3. The van der Waals surface area contributed by atoms with Crippen molar-refractivity contribution in [2.75, 3.05) is 21.3 Å². The first kappa shape index (κ1) is 19.3. The van der Waals surface area contributed by atoms with Crippen molar-refractivity contribution in [2.24, 2.45) is 5.10 Å². The molecule has 0 saturated carbocycles. The lowest BCUT2D eigenvalue weighted by Gasteiger charge is -2.08. The molecule has 0 fully saturated rings. The maximum Gasteiger partial charge on any atom is 0.271 e. The van der Waals surface area contributed by atoms with Crippen molar-refractivity contribution in [1.29, 1.82) is 0 Å². The molecule has 2 aromatic carbocycles. The largest absolute Gasteiger partial charge is 0.497 e. The molecule has 0 saturated heterocycles.